The number of Topliss-reactive ketones (excluding diaryl/α,β-unsaturated/α-hetero) is 1. The lowest BCUT2D eigenvalue weighted by molar-refractivity contribution is -0.124. The Labute approximate surface area is 206 Å². The van der Waals surface area contributed by atoms with Gasteiger partial charge < -0.3 is 15.2 Å². The highest BCUT2D eigenvalue weighted by atomic mass is 16.1. The predicted octanol–water partition coefficient (Wildman–Crippen LogP) is 4.90. The number of aromatic amines is 1. The summed E-state index contributed by atoms with van der Waals surface area (Å²) in [5, 5.41) is 5.01. The Hall–Kier alpha value is -3.57. The number of H-pyrrole nitrogens is 1. The largest absolute Gasteiger partial charge is 0.380 e. The van der Waals surface area contributed by atoms with Crippen LogP contribution in [-0.2, 0) is 17.6 Å². The zero-order valence-corrected chi connectivity index (χ0v) is 20.0. The summed E-state index contributed by atoms with van der Waals surface area (Å²) in [6.45, 7) is 3.60. The molecular weight excluding hydrogens is 432 g/mol. The molecule has 0 saturated carbocycles. The van der Waals surface area contributed by atoms with Crippen molar-refractivity contribution in [2.24, 2.45) is 0 Å². The summed E-state index contributed by atoms with van der Waals surface area (Å²) in [4.78, 5) is 22.0. The van der Waals surface area contributed by atoms with Gasteiger partial charge in [-0.05, 0) is 48.2 Å². The van der Waals surface area contributed by atoms with E-state index in [-0.39, 0.29) is 12.1 Å². The van der Waals surface area contributed by atoms with Gasteiger partial charge in [0.2, 0.25) is 0 Å². The van der Waals surface area contributed by atoms with Crippen LogP contribution in [0, 0.1) is 0 Å². The number of piperazine rings is 1. The van der Waals surface area contributed by atoms with E-state index in [9.17, 15) is 4.79 Å². The van der Waals surface area contributed by atoms with Crippen LogP contribution in [0.4, 0.5) is 11.4 Å². The van der Waals surface area contributed by atoms with Crippen LogP contribution in [0.2, 0.25) is 0 Å². The van der Waals surface area contributed by atoms with Gasteiger partial charge in [-0.25, -0.2) is 0 Å². The normalized spacial score (nSPS) is 19.2. The van der Waals surface area contributed by atoms with Crippen LogP contribution < -0.4 is 10.2 Å². The molecule has 0 radical (unpaired) electrons. The molecule has 5 nitrogen and oxygen atoms in total. The van der Waals surface area contributed by atoms with Crippen molar-refractivity contribution in [1.29, 1.82) is 0 Å². The van der Waals surface area contributed by atoms with E-state index in [0.29, 0.717) is 12.2 Å². The molecule has 0 aliphatic carbocycles. The Kier molecular flexibility index (Phi) is 6.01. The average molecular weight is 465 g/mol. The fraction of sp³-hybridized carbons (Fsp3) is 0.300. The molecule has 0 amide bonds. The molecule has 2 aliphatic heterocycles. The first-order valence-corrected chi connectivity index (χ1v) is 12.7. The topological polar surface area (TPSA) is 51.4 Å². The first kappa shape index (κ1) is 21.9. The van der Waals surface area contributed by atoms with E-state index in [4.69, 9.17) is 0 Å². The van der Waals surface area contributed by atoms with E-state index in [1.54, 1.807) is 0 Å². The first-order chi connectivity index (χ1) is 17.3. The predicted molar refractivity (Wildman–Crippen MR) is 143 cm³/mol. The zero-order valence-electron chi connectivity index (χ0n) is 20.0. The number of hydrogen-bond donors (Lipinski definition) is 2. The van der Waals surface area contributed by atoms with Crippen LogP contribution >= 0.6 is 0 Å². The van der Waals surface area contributed by atoms with Crippen molar-refractivity contribution >= 4 is 28.1 Å². The second kappa shape index (κ2) is 9.59. The minimum Gasteiger partial charge on any atom is -0.380 e. The van der Waals surface area contributed by atoms with Crippen molar-refractivity contribution in [3.8, 4) is 0 Å². The van der Waals surface area contributed by atoms with Gasteiger partial charge in [0.1, 0.15) is 0 Å². The number of carbonyl (C=O) groups is 1. The lowest BCUT2D eigenvalue weighted by Crippen LogP contribution is -2.59. The molecule has 2 N–H and O–H groups in total. The van der Waals surface area contributed by atoms with Crippen LogP contribution in [0.25, 0.3) is 10.9 Å². The maximum absolute atomic E-state index is 13.8. The molecule has 1 fully saturated rings. The summed E-state index contributed by atoms with van der Waals surface area (Å²) in [7, 11) is 0. The molecule has 2 aliphatic rings. The molecule has 1 aromatic heterocycles. The molecule has 6 rings (SSSR count). The van der Waals surface area contributed by atoms with E-state index < -0.39 is 0 Å². The van der Waals surface area contributed by atoms with E-state index in [2.05, 4.69) is 80.8 Å². The van der Waals surface area contributed by atoms with Crippen LogP contribution in [0.3, 0.4) is 0 Å². The van der Waals surface area contributed by atoms with Crippen molar-refractivity contribution in [3.05, 3.63) is 96.2 Å². The third kappa shape index (κ3) is 4.44. The van der Waals surface area contributed by atoms with E-state index >= 15 is 0 Å². The van der Waals surface area contributed by atoms with Gasteiger partial charge in [0.15, 0.2) is 5.78 Å². The van der Waals surface area contributed by atoms with Crippen molar-refractivity contribution in [3.63, 3.8) is 0 Å². The van der Waals surface area contributed by atoms with Gasteiger partial charge in [-0.2, -0.15) is 0 Å². The number of carbonyl (C=O) groups excluding carboxylic acids is 1. The molecule has 35 heavy (non-hydrogen) atoms. The molecule has 3 heterocycles. The third-order valence-electron chi connectivity index (χ3n) is 7.64. The van der Waals surface area contributed by atoms with Crippen LogP contribution in [0.5, 0.6) is 0 Å². The van der Waals surface area contributed by atoms with E-state index in [1.165, 1.54) is 27.8 Å². The van der Waals surface area contributed by atoms with Gasteiger partial charge >= 0.3 is 0 Å². The van der Waals surface area contributed by atoms with Gasteiger partial charge in [-0.3, -0.25) is 9.69 Å². The van der Waals surface area contributed by atoms with Crippen molar-refractivity contribution in [1.82, 2.24) is 9.88 Å². The highest BCUT2D eigenvalue weighted by molar-refractivity contribution is 5.92. The summed E-state index contributed by atoms with van der Waals surface area (Å²) in [5.74, 6) is 0.314. The number of anilines is 2. The fourth-order valence-corrected chi connectivity index (χ4v) is 5.87. The molecular formula is C30H32N4O. The Balaban J connectivity index is 1.23. The monoisotopic (exact) mass is 464 g/mol. The molecule has 1 saturated heterocycles. The van der Waals surface area contributed by atoms with Crippen LogP contribution in [0.15, 0.2) is 85.1 Å². The maximum Gasteiger partial charge on any atom is 0.156 e. The summed E-state index contributed by atoms with van der Waals surface area (Å²) in [5.41, 5.74) is 6.07. The molecule has 5 heteroatoms. The minimum absolute atomic E-state index is 0.126. The summed E-state index contributed by atoms with van der Waals surface area (Å²) in [6, 6.07) is 27.3. The van der Waals surface area contributed by atoms with Crippen LogP contribution in [-0.4, -0.2) is 53.9 Å². The maximum atomic E-state index is 13.8. The number of hydrogen-bond acceptors (Lipinski definition) is 4. The average Bonchev–Trinajstić information content (AvgIpc) is 3.39. The minimum atomic E-state index is -0.131. The van der Waals surface area contributed by atoms with Gasteiger partial charge in [0, 0.05) is 67.1 Å². The van der Waals surface area contributed by atoms with Crippen molar-refractivity contribution < 1.29 is 4.79 Å². The molecule has 2 unspecified atom stereocenters. The number of fused-ring (bicyclic) bond motifs is 2. The number of aromatic nitrogens is 1. The first-order valence-electron chi connectivity index (χ1n) is 12.7. The van der Waals surface area contributed by atoms with Crippen molar-refractivity contribution in [2.45, 2.75) is 31.3 Å². The standard InChI is InChI=1S/C30H32N4O/c35-29(21-22-7-2-1-3-8-22)30(27-14-13-23-9-4-5-10-25(23)32-27)34-19-17-33(18-20-34)28-12-6-11-26-24(28)15-16-31-26/h1-12,15-16,27,30-32H,13-14,17-21H2. The lowest BCUT2D eigenvalue weighted by Gasteiger charge is -2.44. The Morgan fingerprint density at radius 1 is 0.886 bits per heavy atom. The third-order valence-corrected chi connectivity index (χ3v) is 7.64. The number of nitrogens with zero attached hydrogens (tertiary/aromatic N) is 2. The number of aryl methyl sites for hydroxylation is 1. The Bertz CT molecular complexity index is 1310. The number of para-hydroxylation sites is 1. The van der Waals surface area contributed by atoms with Crippen LogP contribution in [0.1, 0.15) is 17.5 Å². The molecule has 178 valence electrons. The Morgan fingerprint density at radius 3 is 2.54 bits per heavy atom. The number of ketones is 1. The molecule has 4 aromatic rings. The SMILES string of the molecule is O=C(Cc1ccccc1)C(C1CCc2ccccc2N1)N1CCN(c2cccc3[nH]ccc23)CC1. The van der Waals surface area contributed by atoms with E-state index in [1.807, 2.05) is 24.4 Å². The van der Waals surface area contributed by atoms with Gasteiger partial charge in [0.25, 0.3) is 0 Å². The smallest absolute Gasteiger partial charge is 0.156 e. The van der Waals surface area contributed by atoms with Gasteiger partial charge in [0.05, 0.1) is 6.04 Å². The van der Waals surface area contributed by atoms with Gasteiger partial charge in [-0.1, -0.05) is 54.6 Å². The van der Waals surface area contributed by atoms with E-state index in [0.717, 1.165) is 44.6 Å². The molecule has 2 atom stereocenters. The number of nitrogens with one attached hydrogen (secondary N) is 2. The highest BCUT2D eigenvalue weighted by Crippen LogP contribution is 2.30. The number of benzene rings is 3. The molecule has 0 spiro atoms. The Morgan fingerprint density at radius 2 is 1.69 bits per heavy atom. The highest BCUT2D eigenvalue weighted by Gasteiger charge is 2.37. The van der Waals surface area contributed by atoms with Gasteiger partial charge in [-0.15, -0.1) is 0 Å². The molecule has 0 bridgehead atoms. The number of rotatable bonds is 6. The van der Waals surface area contributed by atoms with Crippen molar-refractivity contribution in [2.75, 3.05) is 36.4 Å². The lowest BCUT2D eigenvalue weighted by atomic mass is 9.88. The fourth-order valence-electron chi connectivity index (χ4n) is 5.87. The second-order valence-electron chi connectivity index (χ2n) is 9.76. The summed E-state index contributed by atoms with van der Waals surface area (Å²) in [6.07, 6.45) is 4.48. The quantitative estimate of drug-likeness (QED) is 0.426. The zero-order chi connectivity index (χ0) is 23.6. The second-order valence-corrected chi connectivity index (χ2v) is 9.76. The summed E-state index contributed by atoms with van der Waals surface area (Å²) >= 11 is 0. The molecule has 3 aromatic carbocycles. The summed E-state index contributed by atoms with van der Waals surface area (Å²) < 4.78 is 0.